The number of hydrogen-bond donors (Lipinski definition) is 0. The van der Waals surface area contributed by atoms with E-state index in [0.717, 1.165) is 66.5 Å². The molecule has 6 aromatic heterocycles. The molecular formula is C76H52N4OS. The largest absolute Gasteiger partial charge is 0.455 e. The Hall–Kier alpha value is -9.88. The Morgan fingerprint density at radius 3 is 1.43 bits per heavy atom. The lowest BCUT2D eigenvalue weighted by atomic mass is 9.82. The standard InChI is InChI=1S/C38H26N2O.C38H26N2S/c2*1-38(2)31-13-5-3-9-26(31)29-22-34-30(21-32(29)38)36-33(14-8-20-39-36)40(34)24-18-16-23(17-19-24)25-11-7-12-28-27-10-4-6-15-35(27)41-37(25)28/h2*3-22H,1-2H3. The summed E-state index contributed by atoms with van der Waals surface area (Å²) in [6.07, 6.45) is 3.81. The average molecular weight is 1070 g/mol. The summed E-state index contributed by atoms with van der Waals surface area (Å²) in [5.41, 5.74) is 26.3. The van der Waals surface area contributed by atoms with Crippen molar-refractivity contribution in [3.8, 4) is 55.9 Å². The lowest BCUT2D eigenvalue weighted by Crippen LogP contribution is -2.14. The van der Waals surface area contributed by atoms with Crippen molar-refractivity contribution in [3.63, 3.8) is 0 Å². The molecule has 388 valence electrons. The third-order valence-electron chi connectivity index (χ3n) is 18.1. The van der Waals surface area contributed by atoms with Crippen LogP contribution in [0.25, 0.3) is 142 Å². The topological polar surface area (TPSA) is 48.8 Å². The zero-order chi connectivity index (χ0) is 54.6. The Kier molecular flexibility index (Phi) is 9.92. The van der Waals surface area contributed by atoms with Crippen molar-refractivity contribution in [1.29, 1.82) is 0 Å². The first-order valence-corrected chi connectivity index (χ1v) is 29.1. The molecule has 6 heteroatoms. The van der Waals surface area contributed by atoms with Crippen LogP contribution < -0.4 is 0 Å². The number of pyridine rings is 2. The van der Waals surface area contributed by atoms with E-state index in [9.17, 15) is 0 Å². The molecule has 0 N–H and O–H groups in total. The fourth-order valence-corrected chi connectivity index (χ4v) is 15.4. The molecule has 6 heterocycles. The molecule has 0 radical (unpaired) electrons. The van der Waals surface area contributed by atoms with Gasteiger partial charge in [-0.2, -0.15) is 0 Å². The van der Waals surface area contributed by atoms with Crippen LogP contribution in [0.5, 0.6) is 0 Å². The van der Waals surface area contributed by atoms with Crippen LogP contribution in [-0.2, 0) is 10.8 Å². The fourth-order valence-electron chi connectivity index (χ4n) is 14.1. The normalized spacial score (nSPS) is 13.8. The third-order valence-corrected chi connectivity index (χ3v) is 19.3. The molecule has 0 saturated carbocycles. The minimum atomic E-state index is -0.0529. The van der Waals surface area contributed by atoms with E-state index in [1.165, 1.54) is 97.6 Å². The molecule has 0 aliphatic heterocycles. The van der Waals surface area contributed by atoms with E-state index in [4.69, 9.17) is 14.4 Å². The van der Waals surface area contributed by atoms with Crippen molar-refractivity contribution in [2.75, 3.05) is 0 Å². The molecule has 0 atom stereocenters. The summed E-state index contributed by atoms with van der Waals surface area (Å²) in [7, 11) is 0. The number of para-hydroxylation sites is 2. The van der Waals surface area contributed by atoms with Gasteiger partial charge < -0.3 is 13.6 Å². The van der Waals surface area contributed by atoms with Crippen molar-refractivity contribution < 1.29 is 4.42 Å². The molecule has 5 nitrogen and oxygen atoms in total. The first-order valence-electron chi connectivity index (χ1n) is 28.3. The summed E-state index contributed by atoms with van der Waals surface area (Å²) < 4.78 is 13.8. The van der Waals surface area contributed by atoms with Gasteiger partial charge in [0, 0.05) is 81.9 Å². The van der Waals surface area contributed by atoms with Gasteiger partial charge in [-0.1, -0.05) is 173 Å². The van der Waals surface area contributed by atoms with Gasteiger partial charge in [0.15, 0.2) is 0 Å². The van der Waals surface area contributed by atoms with Gasteiger partial charge in [0.05, 0.1) is 33.1 Å². The van der Waals surface area contributed by atoms with Gasteiger partial charge in [-0.25, -0.2) is 0 Å². The van der Waals surface area contributed by atoms with Crippen LogP contribution in [0.3, 0.4) is 0 Å². The zero-order valence-electron chi connectivity index (χ0n) is 45.7. The summed E-state index contributed by atoms with van der Waals surface area (Å²) in [6, 6.07) is 83.6. The van der Waals surface area contributed by atoms with Crippen LogP contribution in [0, 0.1) is 0 Å². The minimum absolute atomic E-state index is 0.0431. The Morgan fingerprint density at radius 2 is 0.829 bits per heavy atom. The summed E-state index contributed by atoms with van der Waals surface area (Å²) in [5, 5.41) is 7.36. The molecule has 0 spiro atoms. The molecule has 0 amide bonds. The second kappa shape index (κ2) is 17.3. The van der Waals surface area contributed by atoms with E-state index < -0.39 is 0 Å². The van der Waals surface area contributed by atoms with Crippen molar-refractivity contribution in [2.45, 2.75) is 38.5 Å². The number of hydrogen-bond acceptors (Lipinski definition) is 4. The molecule has 0 saturated heterocycles. The van der Waals surface area contributed by atoms with Crippen LogP contribution in [-0.4, -0.2) is 19.1 Å². The van der Waals surface area contributed by atoms with E-state index in [1.807, 2.05) is 48.0 Å². The van der Waals surface area contributed by atoms with Gasteiger partial charge in [0.1, 0.15) is 11.2 Å². The van der Waals surface area contributed by atoms with Crippen molar-refractivity contribution >= 4 is 97.3 Å². The number of fused-ring (bicyclic) bond motifs is 18. The van der Waals surface area contributed by atoms with E-state index in [2.05, 4.69) is 243 Å². The Labute approximate surface area is 477 Å². The summed E-state index contributed by atoms with van der Waals surface area (Å²) in [6.45, 7) is 9.34. The molecule has 10 aromatic carbocycles. The van der Waals surface area contributed by atoms with Crippen LogP contribution in [0.1, 0.15) is 49.9 Å². The number of rotatable bonds is 4. The number of thiophene rings is 1. The molecule has 2 aliphatic rings. The number of furan rings is 1. The van der Waals surface area contributed by atoms with Crippen LogP contribution >= 0.6 is 11.3 Å². The second-order valence-corrected chi connectivity index (χ2v) is 24.3. The lowest BCUT2D eigenvalue weighted by Gasteiger charge is -2.21. The smallest absolute Gasteiger partial charge is 0.143 e. The Balaban J connectivity index is 0.000000130. The molecule has 82 heavy (non-hydrogen) atoms. The van der Waals surface area contributed by atoms with Crippen LogP contribution in [0.15, 0.2) is 247 Å². The molecule has 16 aromatic rings. The predicted molar refractivity (Wildman–Crippen MR) is 343 cm³/mol. The number of aromatic nitrogens is 4. The maximum atomic E-state index is 6.33. The molecular weight excluding hydrogens is 1020 g/mol. The summed E-state index contributed by atoms with van der Waals surface area (Å²) in [5.74, 6) is 0. The first kappa shape index (κ1) is 47.0. The van der Waals surface area contributed by atoms with E-state index in [-0.39, 0.29) is 10.8 Å². The van der Waals surface area contributed by atoms with Gasteiger partial charge in [0.25, 0.3) is 0 Å². The van der Waals surface area contributed by atoms with Gasteiger partial charge >= 0.3 is 0 Å². The van der Waals surface area contributed by atoms with Crippen molar-refractivity contribution in [2.24, 2.45) is 0 Å². The van der Waals surface area contributed by atoms with Crippen LogP contribution in [0.2, 0.25) is 0 Å². The van der Waals surface area contributed by atoms with Crippen molar-refractivity contribution in [3.05, 3.63) is 265 Å². The third kappa shape index (κ3) is 6.67. The lowest BCUT2D eigenvalue weighted by molar-refractivity contribution is 0.661. The maximum absolute atomic E-state index is 6.33. The highest BCUT2D eigenvalue weighted by atomic mass is 32.1. The van der Waals surface area contributed by atoms with E-state index >= 15 is 0 Å². The summed E-state index contributed by atoms with van der Waals surface area (Å²) >= 11 is 1.88. The SMILES string of the molecule is CC1(C)c2ccccc2-c2cc3c(cc21)c1ncccc1n3-c1ccc(-c2cccc3c2oc2ccccc23)cc1.CC1(C)c2ccccc2-c2cc3c(cc21)c1ncccc1n3-c1ccc(-c2cccc3c2sc2ccccc23)cc1. The molecule has 0 bridgehead atoms. The second-order valence-electron chi connectivity index (χ2n) is 23.2. The molecule has 2 aliphatic carbocycles. The highest BCUT2D eigenvalue weighted by Gasteiger charge is 2.38. The first-order chi connectivity index (χ1) is 40.2. The summed E-state index contributed by atoms with van der Waals surface area (Å²) in [4.78, 5) is 9.74. The number of benzene rings is 10. The van der Waals surface area contributed by atoms with Gasteiger partial charge in [-0.05, 0) is 146 Å². The van der Waals surface area contributed by atoms with Gasteiger partial charge in [-0.15, -0.1) is 11.3 Å². The monoisotopic (exact) mass is 1070 g/mol. The zero-order valence-corrected chi connectivity index (χ0v) is 46.5. The Morgan fingerprint density at radius 1 is 0.354 bits per heavy atom. The highest BCUT2D eigenvalue weighted by Crippen LogP contribution is 2.53. The van der Waals surface area contributed by atoms with Crippen molar-refractivity contribution in [1.82, 2.24) is 19.1 Å². The quantitative estimate of drug-likeness (QED) is 0.176. The molecule has 18 rings (SSSR count). The number of nitrogens with zero attached hydrogens (tertiary/aromatic N) is 4. The molecule has 0 fully saturated rings. The predicted octanol–water partition coefficient (Wildman–Crippen LogP) is 20.6. The Bertz CT molecular complexity index is 5000. The highest BCUT2D eigenvalue weighted by molar-refractivity contribution is 7.26. The fraction of sp³-hybridized carbons (Fsp3) is 0.0789. The van der Waals surface area contributed by atoms with Crippen LogP contribution in [0.4, 0.5) is 0 Å². The van der Waals surface area contributed by atoms with E-state index in [1.54, 1.807) is 0 Å². The molecule has 0 unspecified atom stereocenters. The van der Waals surface area contributed by atoms with E-state index in [0.29, 0.717) is 0 Å². The average Bonchev–Trinajstić information content (AvgIpc) is 3.87. The minimum Gasteiger partial charge on any atom is -0.455 e. The van der Waals surface area contributed by atoms with Gasteiger partial charge in [0.2, 0.25) is 0 Å². The van der Waals surface area contributed by atoms with Gasteiger partial charge in [-0.3, -0.25) is 9.97 Å². The maximum Gasteiger partial charge on any atom is 0.143 e.